The van der Waals surface area contributed by atoms with Gasteiger partial charge >= 0.3 is 0 Å². The molecule has 3 nitrogen and oxygen atoms in total. The van der Waals surface area contributed by atoms with E-state index in [2.05, 4.69) is 27.3 Å². The van der Waals surface area contributed by atoms with E-state index in [0.717, 1.165) is 22.3 Å². The Morgan fingerprint density at radius 2 is 2.17 bits per heavy atom. The summed E-state index contributed by atoms with van der Waals surface area (Å²) < 4.78 is 6.79. The lowest BCUT2D eigenvalue weighted by atomic mass is 10.2. The van der Waals surface area contributed by atoms with Gasteiger partial charge in [-0.2, -0.15) is 0 Å². The minimum Gasteiger partial charge on any atom is -0.487 e. The van der Waals surface area contributed by atoms with Gasteiger partial charge < -0.3 is 15.2 Å². The van der Waals surface area contributed by atoms with Gasteiger partial charge in [-0.1, -0.05) is 12.1 Å². The number of hydrogen-bond acceptors (Lipinski definition) is 3. The van der Waals surface area contributed by atoms with E-state index in [0.29, 0.717) is 6.04 Å². The Hall–Kier alpha value is -0.580. The molecule has 1 aromatic rings. The first kappa shape index (κ1) is 13.8. The van der Waals surface area contributed by atoms with E-state index in [1.165, 1.54) is 12.8 Å². The molecule has 2 rings (SSSR count). The van der Waals surface area contributed by atoms with Crippen LogP contribution in [0.3, 0.4) is 0 Å². The fourth-order valence-corrected chi connectivity index (χ4v) is 2.15. The molecular formula is C14H20BrNO2. The molecule has 0 heterocycles. The van der Waals surface area contributed by atoms with Crippen LogP contribution in [0.1, 0.15) is 32.3 Å². The summed E-state index contributed by atoms with van der Waals surface area (Å²) in [5, 5.41) is 13.0. The van der Waals surface area contributed by atoms with E-state index in [4.69, 9.17) is 4.74 Å². The van der Waals surface area contributed by atoms with Crippen LogP contribution in [0.2, 0.25) is 0 Å². The van der Waals surface area contributed by atoms with E-state index in [1.54, 1.807) is 6.92 Å². The van der Waals surface area contributed by atoms with Crippen molar-refractivity contribution in [2.24, 2.45) is 0 Å². The van der Waals surface area contributed by atoms with Crippen molar-refractivity contribution in [3.8, 4) is 5.75 Å². The molecule has 0 spiro atoms. The van der Waals surface area contributed by atoms with Crippen molar-refractivity contribution in [1.82, 2.24) is 5.32 Å². The quantitative estimate of drug-likeness (QED) is 0.848. The summed E-state index contributed by atoms with van der Waals surface area (Å²) in [6.07, 6.45) is 1.84. The van der Waals surface area contributed by atoms with Crippen LogP contribution in [-0.4, -0.2) is 23.4 Å². The van der Waals surface area contributed by atoms with Gasteiger partial charge in [-0.05, 0) is 48.7 Å². The first-order valence-electron chi connectivity index (χ1n) is 6.43. The molecule has 0 aliphatic heterocycles. The molecule has 1 aliphatic rings. The highest BCUT2D eigenvalue weighted by Crippen LogP contribution is 2.31. The molecule has 0 radical (unpaired) electrons. The number of aliphatic hydroxyl groups excluding tert-OH is 1. The summed E-state index contributed by atoms with van der Waals surface area (Å²) in [5.74, 6) is 0.832. The Bertz CT molecular complexity index is 405. The van der Waals surface area contributed by atoms with Crippen molar-refractivity contribution in [3.05, 3.63) is 28.2 Å². The zero-order valence-electron chi connectivity index (χ0n) is 10.8. The molecule has 0 saturated heterocycles. The smallest absolute Gasteiger partial charge is 0.138 e. The van der Waals surface area contributed by atoms with E-state index < -0.39 is 6.10 Å². The van der Waals surface area contributed by atoms with Crippen LogP contribution in [0.5, 0.6) is 5.75 Å². The van der Waals surface area contributed by atoms with Crippen LogP contribution in [0.25, 0.3) is 0 Å². The molecule has 2 unspecified atom stereocenters. The number of benzene rings is 1. The predicted molar refractivity (Wildman–Crippen MR) is 75.8 cm³/mol. The molecule has 0 bridgehead atoms. The third-order valence-electron chi connectivity index (χ3n) is 3.19. The van der Waals surface area contributed by atoms with Gasteiger partial charge in [0.1, 0.15) is 11.9 Å². The van der Waals surface area contributed by atoms with Gasteiger partial charge in [0.05, 0.1) is 10.6 Å². The average Bonchev–Trinajstić information content (AvgIpc) is 3.13. The molecule has 2 atom stereocenters. The SMILES string of the molecule is CC(O)C(C)Oc1c(Br)cccc1CNC1CC1. The molecule has 18 heavy (non-hydrogen) atoms. The standard InChI is InChI=1S/C14H20BrNO2/c1-9(17)10(2)18-14-11(4-3-5-13(14)15)8-16-12-6-7-12/h3-5,9-10,12,16-17H,6-8H2,1-2H3. The summed E-state index contributed by atoms with van der Waals surface area (Å²) in [6.45, 7) is 4.43. The van der Waals surface area contributed by atoms with E-state index in [-0.39, 0.29) is 6.10 Å². The Kier molecular flexibility index (Phi) is 4.65. The second-order valence-corrected chi connectivity index (χ2v) is 5.80. The van der Waals surface area contributed by atoms with Crippen LogP contribution in [-0.2, 0) is 6.54 Å². The number of aliphatic hydroxyl groups is 1. The van der Waals surface area contributed by atoms with Gasteiger partial charge in [0.2, 0.25) is 0 Å². The second-order valence-electron chi connectivity index (χ2n) is 4.95. The minimum atomic E-state index is -0.485. The number of hydrogen-bond donors (Lipinski definition) is 2. The van der Waals surface area contributed by atoms with E-state index in [9.17, 15) is 5.11 Å². The minimum absolute atomic E-state index is 0.219. The third-order valence-corrected chi connectivity index (χ3v) is 3.81. The van der Waals surface area contributed by atoms with Crippen molar-refractivity contribution in [2.75, 3.05) is 0 Å². The Morgan fingerprint density at radius 3 is 2.78 bits per heavy atom. The number of ether oxygens (including phenoxy) is 1. The monoisotopic (exact) mass is 313 g/mol. The maximum atomic E-state index is 9.54. The highest BCUT2D eigenvalue weighted by atomic mass is 79.9. The van der Waals surface area contributed by atoms with E-state index >= 15 is 0 Å². The maximum Gasteiger partial charge on any atom is 0.138 e. The van der Waals surface area contributed by atoms with Crippen LogP contribution in [0, 0.1) is 0 Å². The first-order valence-corrected chi connectivity index (χ1v) is 7.22. The molecule has 0 amide bonds. The Morgan fingerprint density at radius 1 is 1.44 bits per heavy atom. The fourth-order valence-electron chi connectivity index (χ4n) is 1.65. The summed E-state index contributed by atoms with van der Waals surface area (Å²) in [4.78, 5) is 0. The molecule has 1 aliphatic carbocycles. The number of rotatable bonds is 6. The highest BCUT2D eigenvalue weighted by molar-refractivity contribution is 9.10. The van der Waals surface area contributed by atoms with Crippen LogP contribution in [0.15, 0.2) is 22.7 Å². The predicted octanol–water partition coefficient (Wildman–Crippen LogP) is 2.85. The second kappa shape index (κ2) is 6.04. The van der Waals surface area contributed by atoms with Crippen molar-refractivity contribution in [3.63, 3.8) is 0 Å². The van der Waals surface area contributed by atoms with Gasteiger partial charge in [-0.3, -0.25) is 0 Å². The number of para-hydroxylation sites is 1. The molecule has 1 fully saturated rings. The fraction of sp³-hybridized carbons (Fsp3) is 0.571. The van der Waals surface area contributed by atoms with Crippen LogP contribution in [0.4, 0.5) is 0 Å². The molecule has 100 valence electrons. The average molecular weight is 314 g/mol. The summed E-state index contributed by atoms with van der Waals surface area (Å²) in [6, 6.07) is 6.70. The normalized spacial score (nSPS) is 18.4. The van der Waals surface area contributed by atoms with Crippen LogP contribution < -0.4 is 10.1 Å². The zero-order chi connectivity index (χ0) is 13.1. The van der Waals surface area contributed by atoms with Crippen LogP contribution >= 0.6 is 15.9 Å². The highest BCUT2D eigenvalue weighted by Gasteiger charge is 2.21. The third kappa shape index (κ3) is 3.70. The van der Waals surface area contributed by atoms with Crippen molar-refractivity contribution < 1.29 is 9.84 Å². The summed E-state index contributed by atoms with van der Waals surface area (Å²) in [7, 11) is 0. The van der Waals surface area contributed by atoms with Crippen molar-refractivity contribution in [2.45, 2.75) is 51.5 Å². The largest absolute Gasteiger partial charge is 0.487 e. The Labute approximate surface area is 117 Å². The summed E-state index contributed by atoms with van der Waals surface area (Å²) in [5.41, 5.74) is 1.13. The Balaban J connectivity index is 2.09. The lowest BCUT2D eigenvalue weighted by molar-refractivity contribution is 0.0592. The topological polar surface area (TPSA) is 41.5 Å². The van der Waals surface area contributed by atoms with Crippen molar-refractivity contribution >= 4 is 15.9 Å². The zero-order valence-corrected chi connectivity index (χ0v) is 12.4. The summed E-state index contributed by atoms with van der Waals surface area (Å²) >= 11 is 3.51. The van der Waals surface area contributed by atoms with Crippen molar-refractivity contribution in [1.29, 1.82) is 0 Å². The van der Waals surface area contributed by atoms with Gasteiger partial charge in [0, 0.05) is 18.2 Å². The molecule has 1 saturated carbocycles. The first-order chi connectivity index (χ1) is 8.58. The van der Waals surface area contributed by atoms with Gasteiger partial charge in [-0.15, -0.1) is 0 Å². The molecule has 1 aromatic carbocycles. The van der Waals surface area contributed by atoms with E-state index in [1.807, 2.05) is 19.1 Å². The molecule has 0 aromatic heterocycles. The lowest BCUT2D eigenvalue weighted by Crippen LogP contribution is -2.26. The molecule has 4 heteroatoms. The molecular weight excluding hydrogens is 294 g/mol. The number of nitrogens with one attached hydrogen (secondary N) is 1. The van der Waals surface area contributed by atoms with Gasteiger partial charge in [0.25, 0.3) is 0 Å². The maximum absolute atomic E-state index is 9.54. The lowest BCUT2D eigenvalue weighted by Gasteiger charge is -2.21. The van der Waals surface area contributed by atoms with Gasteiger partial charge in [-0.25, -0.2) is 0 Å². The molecule has 2 N–H and O–H groups in total. The number of halogens is 1. The van der Waals surface area contributed by atoms with Gasteiger partial charge in [0.15, 0.2) is 0 Å².